The van der Waals surface area contributed by atoms with Crippen LogP contribution >= 0.6 is 11.6 Å². The monoisotopic (exact) mass is 331 g/mol. The van der Waals surface area contributed by atoms with Crippen LogP contribution in [0.2, 0.25) is 5.02 Å². The van der Waals surface area contributed by atoms with Gasteiger partial charge in [-0.2, -0.15) is 0 Å². The molecule has 7 heteroatoms. The van der Waals surface area contributed by atoms with Crippen LogP contribution in [-0.4, -0.2) is 51.4 Å². The summed E-state index contributed by atoms with van der Waals surface area (Å²) in [7, 11) is 0.0820. The first-order chi connectivity index (χ1) is 9.84. The van der Waals surface area contributed by atoms with E-state index in [4.69, 9.17) is 17.3 Å². The molecule has 118 valence electrons. The van der Waals surface area contributed by atoms with Gasteiger partial charge in [0.1, 0.15) is 4.90 Å². The summed E-state index contributed by atoms with van der Waals surface area (Å²) in [6, 6.07) is 4.90. The van der Waals surface area contributed by atoms with Crippen LogP contribution in [0, 0.1) is 5.92 Å². The van der Waals surface area contributed by atoms with Crippen LogP contribution in [0.4, 0.5) is 0 Å². The first-order valence-corrected chi connectivity index (χ1v) is 8.79. The van der Waals surface area contributed by atoms with Gasteiger partial charge in [0.2, 0.25) is 10.0 Å². The van der Waals surface area contributed by atoms with E-state index in [1.165, 1.54) is 4.31 Å². The first-order valence-electron chi connectivity index (χ1n) is 6.98. The molecule has 1 fully saturated rings. The van der Waals surface area contributed by atoms with Gasteiger partial charge in [-0.25, -0.2) is 12.7 Å². The highest BCUT2D eigenvalue weighted by atomic mass is 35.5. The number of nitrogens with zero attached hydrogens (tertiary/aromatic N) is 2. The molecule has 0 saturated carbocycles. The minimum absolute atomic E-state index is 0.140. The largest absolute Gasteiger partial charge is 0.326 e. The van der Waals surface area contributed by atoms with Crippen LogP contribution in [0.3, 0.4) is 0 Å². The van der Waals surface area contributed by atoms with Crippen molar-refractivity contribution in [3.05, 3.63) is 28.8 Å². The number of rotatable bonds is 5. The molecular weight excluding hydrogens is 310 g/mol. The van der Waals surface area contributed by atoms with Crippen molar-refractivity contribution in [1.29, 1.82) is 0 Å². The minimum atomic E-state index is -3.58. The zero-order valence-electron chi connectivity index (χ0n) is 12.4. The summed E-state index contributed by atoms with van der Waals surface area (Å²) < 4.78 is 26.8. The van der Waals surface area contributed by atoms with E-state index in [2.05, 4.69) is 11.9 Å². The zero-order valence-corrected chi connectivity index (χ0v) is 14.0. The molecule has 0 bridgehead atoms. The van der Waals surface area contributed by atoms with Crippen molar-refractivity contribution in [2.75, 3.05) is 33.7 Å². The second-order valence-electron chi connectivity index (χ2n) is 5.67. The van der Waals surface area contributed by atoms with Crippen LogP contribution in [0.15, 0.2) is 23.1 Å². The van der Waals surface area contributed by atoms with Crippen LogP contribution in [0.5, 0.6) is 0 Å². The van der Waals surface area contributed by atoms with Gasteiger partial charge < -0.3 is 10.6 Å². The van der Waals surface area contributed by atoms with Gasteiger partial charge in [0.05, 0.1) is 5.02 Å². The van der Waals surface area contributed by atoms with E-state index in [-0.39, 0.29) is 16.5 Å². The molecule has 1 aliphatic heterocycles. The van der Waals surface area contributed by atoms with Gasteiger partial charge in [-0.15, -0.1) is 0 Å². The maximum absolute atomic E-state index is 12.7. The summed E-state index contributed by atoms with van der Waals surface area (Å²) in [4.78, 5) is 2.36. The zero-order chi connectivity index (χ0) is 15.6. The van der Waals surface area contributed by atoms with Crippen LogP contribution in [0.1, 0.15) is 12.0 Å². The third kappa shape index (κ3) is 3.76. The topological polar surface area (TPSA) is 66.6 Å². The van der Waals surface area contributed by atoms with E-state index in [0.29, 0.717) is 12.5 Å². The van der Waals surface area contributed by atoms with Gasteiger partial charge in [0.25, 0.3) is 0 Å². The number of halogens is 1. The quantitative estimate of drug-likeness (QED) is 0.885. The highest BCUT2D eigenvalue weighted by Crippen LogP contribution is 2.26. The fraction of sp³-hybridized carbons (Fsp3) is 0.571. The lowest BCUT2D eigenvalue weighted by atomic mass is 10.1. The van der Waals surface area contributed by atoms with Crippen LogP contribution in [-0.2, 0) is 16.6 Å². The number of hydrogen-bond donors (Lipinski definition) is 1. The Morgan fingerprint density at radius 3 is 2.76 bits per heavy atom. The molecule has 2 N–H and O–H groups in total. The Hall–Kier alpha value is -0.660. The molecule has 1 heterocycles. The van der Waals surface area contributed by atoms with Gasteiger partial charge in [-0.05, 0) is 43.6 Å². The van der Waals surface area contributed by atoms with Crippen molar-refractivity contribution < 1.29 is 8.42 Å². The second-order valence-corrected chi connectivity index (χ2v) is 8.09. The average Bonchev–Trinajstić information content (AvgIpc) is 2.84. The Kier molecular flexibility index (Phi) is 5.27. The third-order valence-electron chi connectivity index (χ3n) is 3.92. The highest BCUT2D eigenvalue weighted by Gasteiger charge is 2.28. The minimum Gasteiger partial charge on any atom is -0.326 e. The van der Waals surface area contributed by atoms with Crippen molar-refractivity contribution in [2.45, 2.75) is 17.9 Å². The van der Waals surface area contributed by atoms with Gasteiger partial charge in [-0.3, -0.25) is 0 Å². The molecule has 5 nitrogen and oxygen atoms in total. The number of sulfonamides is 1. The molecule has 1 saturated heterocycles. The van der Waals surface area contributed by atoms with Gasteiger partial charge >= 0.3 is 0 Å². The summed E-state index contributed by atoms with van der Waals surface area (Å²) in [5.41, 5.74) is 6.33. The Morgan fingerprint density at radius 2 is 2.19 bits per heavy atom. The third-order valence-corrected chi connectivity index (χ3v) is 6.23. The van der Waals surface area contributed by atoms with Gasteiger partial charge in [0, 0.05) is 26.7 Å². The fourth-order valence-electron chi connectivity index (χ4n) is 2.68. The number of benzene rings is 1. The lowest BCUT2D eigenvalue weighted by Crippen LogP contribution is -2.33. The predicted molar refractivity (Wildman–Crippen MR) is 84.8 cm³/mol. The molecule has 0 amide bonds. The smallest absolute Gasteiger partial charge is 0.244 e. The second kappa shape index (κ2) is 6.62. The molecule has 0 aromatic heterocycles. The maximum Gasteiger partial charge on any atom is 0.244 e. The summed E-state index contributed by atoms with van der Waals surface area (Å²) in [5, 5.41) is 0.239. The predicted octanol–water partition coefficient (Wildman–Crippen LogP) is 1.37. The Labute approximate surface area is 131 Å². The summed E-state index contributed by atoms with van der Waals surface area (Å²) in [5.74, 6) is 0.367. The Morgan fingerprint density at radius 1 is 1.48 bits per heavy atom. The van der Waals surface area contributed by atoms with E-state index in [1.807, 2.05) is 0 Å². The molecule has 1 aliphatic rings. The Balaban J connectivity index is 2.20. The fourth-order valence-corrected chi connectivity index (χ4v) is 4.45. The highest BCUT2D eigenvalue weighted by molar-refractivity contribution is 7.89. The molecule has 0 radical (unpaired) electrons. The van der Waals surface area contributed by atoms with Crippen LogP contribution in [0.25, 0.3) is 0 Å². The molecular formula is C14H22ClN3O2S. The molecule has 21 heavy (non-hydrogen) atoms. The molecule has 0 spiro atoms. The standard InChI is InChI=1S/C14H22ClN3O2S/c1-17-6-5-12(9-17)10-18(2)21(19,20)14-7-11(8-16)3-4-13(14)15/h3-4,7,12H,5-6,8-10,16H2,1-2H3. The maximum atomic E-state index is 12.7. The normalized spacial score (nSPS) is 20.3. The van der Waals surface area contributed by atoms with E-state index in [0.717, 1.165) is 25.1 Å². The van der Waals surface area contributed by atoms with E-state index in [1.54, 1.807) is 25.2 Å². The molecule has 1 aromatic carbocycles. The lowest BCUT2D eigenvalue weighted by Gasteiger charge is -2.21. The summed E-state index contributed by atoms with van der Waals surface area (Å²) >= 11 is 6.07. The number of hydrogen-bond acceptors (Lipinski definition) is 4. The van der Waals surface area contributed by atoms with E-state index < -0.39 is 10.0 Å². The Bertz CT molecular complexity index is 606. The number of likely N-dealkylation sites (tertiary alicyclic amines) is 1. The van der Waals surface area contributed by atoms with Crippen molar-refractivity contribution in [3.8, 4) is 0 Å². The van der Waals surface area contributed by atoms with E-state index >= 15 is 0 Å². The van der Waals surface area contributed by atoms with E-state index in [9.17, 15) is 8.42 Å². The van der Waals surface area contributed by atoms with Crippen molar-refractivity contribution in [1.82, 2.24) is 9.21 Å². The molecule has 0 aliphatic carbocycles. The van der Waals surface area contributed by atoms with Gasteiger partial charge in [-0.1, -0.05) is 17.7 Å². The lowest BCUT2D eigenvalue weighted by molar-refractivity contribution is 0.357. The molecule has 1 atom stereocenters. The molecule has 2 rings (SSSR count). The molecule has 1 aromatic rings. The average molecular weight is 332 g/mol. The first kappa shape index (κ1) is 16.7. The van der Waals surface area contributed by atoms with Crippen molar-refractivity contribution >= 4 is 21.6 Å². The van der Waals surface area contributed by atoms with Crippen molar-refractivity contribution in [3.63, 3.8) is 0 Å². The summed E-state index contributed by atoms with van der Waals surface area (Å²) in [6.07, 6.45) is 1.02. The SMILES string of the molecule is CN1CCC(CN(C)S(=O)(=O)c2cc(CN)ccc2Cl)C1. The number of nitrogens with two attached hydrogens (primary N) is 1. The molecule has 1 unspecified atom stereocenters. The summed E-state index contributed by atoms with van der Waals surface area (Å²) in [6.45, 7) is 2.74. The van der Waals surface area contributed by atoms with Gasteiger partial charge in [0.15, 0.2) is 0 Å². The van der Waals surface area contributed by atoms with Crippen LogP contribution < -0.4 is 5.73 Å². The van der Waals surface area contributed by atoms with Crippen molar-refractivity contribution in [2.24, 2.45) is 11.7 Å².